The summed E-state index contributed by atoms with van der Waals surface area (Å²) in [6.45, 7) is 3.89. The molecule has 1 aliphatic heterocycles. The molecule has 0 aliphatic carbocycles. The molecule has 1 aliphatic rings. The number of amides is 3. The molecular weight excluding hydrogens is 362 g/mol. The zero-order chi connectivity index (χ0) is 20.4. The molecule has 27 heavy (non-hydrogen) atoms. The Morgan fingerprint density at radius 1 is 1.19 bits per heavy atom. The number of ether oxygens (including phenoxy) is 1. The highest BCUT2D eigenvalue weighted by atomic mass is 19.3. The normalized spacial score (nSPS) is 16.7. The van der Waals surface area contributed by atoms with Crippen molar-refractivity contribution in [1.82, 2.24) is 10.2 Å². The van der Waals surface area contributed by atoms with Crippen molar-refractivity contribution in [3.8, 4) is 0 Å². The number of hydrogen-bond donors (Lipinski definition) is 1. The molecule has 1 aromatic carbocycles. The van der Waals surface area contributed by atoms with Crippen molar-refractivity contribution in [1.29, 1.82) is 0 Å². The highest BCUT2D eigenvalue weighted by Gasteiger charge is 2.52. The van der Waals surface area contributed by atoms with Crippen LogP contribution in [0.5, 0.6) is 0 Å². The van der Waals surface area contributed by atoms with Crippen LogP contribution in [0.4, 0.5) is 8.78 Å². The lowest BCUT2D eigenvalue weighted by Crippen LogP contribution is -2.53. The summed E-state index contributed by atoms with van der Waals surface area (Å²) in [5.41, 5.74) is -1.01. The van der Waals surface area contributed by atoms with Gasteiger partial charge in [-0.05, 0) is 19.9 Å². The fourth-order valence-corrected chi connectivity index (χ4v) is 2.51. The maximum Gasteiger partial charge on any atom is 0.351 e. The summed E-state index contributed by atoms with van der Waals surface area (Å²) in [5.74, 6) is -8.67. The summed E-state index contributed by atoms with van der Waals surface area (Å²) in [5, 5.41) is 2.35. The van der Waals surface area contributed by atoms with Gasteiger partial charge in [-0.1, -0.05) is 25.1 Å². The molecule has 9 heteroatoms. The quantitative estimate of drug-likeness (QED) is 0.594. The number of carbonyl (C=O) groups excluding carboxylic acids is 4. The van der Waals surface area contributed by atoms with Gasteiger partial charge in [0.1, 0.15) is 6.54 Å². The van der Waals surface area contributed by atoms with E-state index in [4.69, 9.17) is 4.74 Å². The van der Waals surface area contributed by atoms with Gasteiger partial charge in [0.25, 0.3) is 5.91 Å². The third-order valence-corrected chi connectivity index (χ3v) is 3.92. The number of halogens is 2. The van der Waals surface area contributed by atoms with Crippen LogP contribution in [-0.4, -0.2) is 47.8 Å². The van der Waals surface area contributed by atoms with E-state index in [0.29, 0.717) is 0 Å². The molecule has 0 radical (unpaired) electrons. The Balaban J connectivity index is 2.05. The van der Waals surface area contributed by atoms with Gasteiger partial charge in [-0.25, -0.2) is 0 Å². The van der Waals surface area contributed by atoms with Gasteiger partial charge >= 0.3 is 17.8 Å². The number of nitrogens with zero attached hydrogens (tertiary/aromatic N) is 1. The van der Waals surface area contributed by atoms with Crippen LogP contribution in [0.2, 0.25) is 0 Å². The molecule has 0 bridgehead atoms. The monoisotopic (exact) mass is 382 g/mol. The van der Waals surface area contributed by atoms with Crippen LogP contribution in [-0.2, 0) is 25.0 Å². The van der Waals surface area contributed by atoms with Crippen molar-refractivity contribution >= 4 is 23.7 Å². The van der Waals surface area contributed by atoms with E-state index in [1.54, 1.807) is 13.8 Å². The molecule has 1 aromatic rings. The molecule has 7 nitrogen and oxygen atoms in total. The third-order valence-electron chi connectivity index (χ3n) is 3.92. The molecule has 0 fully saturated rings. The molecule has 2 rings (SSSR count). The largest absolute Gasteiger partial charge is 0.463 e. The molecule has 1 N–H and O–H groups in total. The summed E-state index contributed by atoms with van der Waals surface area (Å²) >= 11 is 0. The number of rotatable bonds is 6. The average Bonchev–Trinajstić information content (AvgIpc) is 2.61. The molecular formula is C18H20F2N2O5. The Morgan fingerprint density at radius 2 is 1.81 bits per heavy atom. The topological polar surface area (TPSA) is 92.8 Å². The minimum Gasteiger partial charge on any atom is -0.463 e. The van der Waals surface area contributed by atoms with Crippen LogP contribution in [0.3, 0.4) is 0 Å². The minimum absolute atomic E-state index is 0.117. The van der Waals surface area contributed by atoms with Gasteiger partial charge in [0.05, 0.1) is 12.0 Å². The predicted octanol–water partition coefficient (Wildman–Crippen LogP) is 1.46. The molecule has 3 amide bonds. The average molecular weight is 382 g/mol. The summed E-state index contributed by atoms with van der Waals surface area (Å²) in [6.07, 6.45) is -0.318. The van der Waals surface area contributed by atoms with E-state index in [1.165, 1.54) is 25.1 Å². The maximum atomic E-state index is 14.3. The zero-order valence-electron chi connectivity index (χ0n) is 15.1. The third kappa shape index (κ3) is 4.29. The van der Waals surface area contributed by atoms with Gasteiger partial charge < -0.3 is 10.1 Å². The van der Waals surface area contributed by atoms with Crippen molar-refractivity contribution in [3.63, 3.8) is 0 Å². The summed E-state index contributed by atoms with van der Waals surface area (Å²) in [6, 6.07) is 4.87. The molecule has 1 atom stereocenters. The Bertz CT molecular complexity index is 779. The van der Waals surface area contributed by atoms with Gasteiger partial charge in [-0.15, -0.1) is 0 Å². The SMILES string of the molecule is CC(C)OC(=O)C(C)CNC(=O)CN1C(=O)c2ccccc2C(F)(F)C1=O. The van der Waals surface area contributed by atoms with Crippen LogP contribution < -0.4 is 5.32 Å². The number of nitrogens with one attached hydrogen (secondary N) is 1. The number of alkyl halides is 2. The van der Waals surface area contributed by atoms with Gasteiger partial charge in [-0.3, -0.25) is 24.1 Å². The molecule has 0 saturated heterocycles. The first-order valence-corrected chi connectivity index (χ1v) is 8.36. The number of esters is 1. The smallest absolute Gasteiger partial charge is 0.351 e. The fraction of sp³-hybridized carbons (Fsp3) is 0.444. The highest BCUT2D eigenvalue weighted by molar-refractivity contribution is 6.13. The first kappa shape index (κ1) is 20.5. The lowest BCUT2D eigenvalue weighted by Gasteiger charge is -2.31. The number of imide groups is 1. The highest BCUT2D eigenvalue weighted by Crippen LogP contribution is 2.37. The lowest BCUT2D eigenvalue weighted by atomic mass is 9.95. The number of fused-ring (bicyclic) bond motifs is 1. The maximum absolute atomic E-state index is 14.3. The van der Waals surface area contributed by atoms with Crippen molar-refractivity contribution in [2.45, 2.75) is 32.8 Å². The van der Waals surface area contributed by atoms with Crippen LogP contribution >= 0.6 is 0 Å². The van der Waals surface area contributed by atoms with Gasteiger partial charge in [0.15, 0.2) is 0 Å². The van der Waals surface area contributed by atoms with Crippen molar-refractivity contribution < 1.29 is 32.7 Å². The summed E-state index contributed by atoms with van der Waals surface area (Å²) < 4.78 is 33.5. The van der Waals surface area contributed by atoms with E-state index in [2.05, 4.69) is 5.32 Å². The fourth-order valence-electron chi connectivity index (χ4n) is 2.51. The Morgan fingerprint density at radius 3 is 2.44 bits per heavy atom. The molecule has 0 aromatic heterocycles. The van der Waals surface area contributed by atoms with Crippen LogP contribution in [0, 0.1) is 5.92 Å². The molecule has 146 valence electrons. The van der Waals surface area contributed by atoms with Crippen LogP contribution in [0.15, 0.2) is 24.3 Å². The predicted molar refractivity (Wildman–Crippen MR) is 89.8 cm³/mol. The second kappa shape index (κ2) is 7.81. The zero-order valence-corrected chi connectivity index (χ0v) is 15.1. The van der Waals surface area contributed by atoms with Crippen molar-refractivity contribution in [2.24, 2.45) is 5.92 Å². The van der Waals surface area contributed by atoms with E-state index in [1.807, 2.05) is 0 Å². The van der Waals surface area contributed by atoms with E-state index in [9.17, 15) is 28.0 Å². The van der Waals surface area contributed by atoms with Crippen molar-refractivity contribution in [2.75, 3.05) is 13.1 Å². The van der Waals surface area contributed by atoms with Crippen LogP contribution in [0.25, 0.3) is 0 Å². The second-order valence-electron chi connectivity index (χ2n) is 6.51. The Hall–Kier alpha value is -2.84. The lowest BCUT2D eigenvalue weighted by molar-refractivity contribution is -0.159. The van der Waals surface area contributed by atoms with Crippen LogP contribution in [0.1, 0.15) is 36.7 Å². The first-order chi connectivity index (χ1) is 12.6. The summed E-state index contributed by atoms with van der Waals surface area (Å²) in [7, 11) is 0. The van der Waals surface area contributed by atoms with E-state index in [-0.39, 0.29) is 23.1 Å². The molecule has 0 spiro atoms. The van der Waals surface area contributed by atoms with E-state index >= 15 is 0 Å². The number of carbonyl (C=O) groups is 4. The van der Waals surface area contributed by atoms with E-state index < -0.39 is 47.6 Å². The minimum atomic E-state index is -3.90. The standard InChI is InChI=1S/C18H20F2N2O5/c1-10(2)27-16(25)11(3)8-21-14(23)9-22-15(24)12-6-4-5-7-13(12)18(19,20)17(22)26/h4-7,10-11H,8-9H2,1-3H3,(H,21,23). The molecule has 0 saturated carbocycles. The Kier molecular flexibility index (Phi) is 5.92. The summed E-state index contributed by atoms with van der Waals surface area (Å²) in [4.78, 5) is 48.3. The first-order valence-electron chi connectivity index (χ1n) is 8.36. The number of benzene rings is 1. The van der Waals surface area contributed by atoms with Gasteiger partial charge in [-0.2, -0.15) is 8.78 Å². The van der Waals surface area contributed by atoms with Crippen molar-refractivity contribution in [3.05, 3.63) is 35.4 Å². The molecule has 1 unspecified atom stereocenters. The number of hydrogen-bond acceptors (Lipinski definition) is 5. The Labute approximate surface area is 154 Å². The second-order valence-corrected chi connectivity index (χ2v) is 6.51. The molecule has 1 heterocycles. The van der Waals surface area contributed by atoms with E-state index in [0.717, 1.165) is 6.07 Å². The van der Waals surface area contributed by atoms with Gasteiger partial charge in [0, 0.05) is 17.7 Å². The van der Waals surface area contributed by atoms with Gasteiger partial charge in [0.2, 0.25) is 5.91 Å².